The summed E-state index contributed by atoms with van der Waals surface area (Å²) < 4.78 is 7.68. The van der Waals surface area contributed by atoms with Gasteiger partial charge in [0, 0.05) is 42.5 Å². The molecule has 3 aromatic rings. The smallest absolute Gasteiger partial charge is 0.170 e. The first-order valence-electron chi connectivity index (χ1n) is 10.5. The molecule has 0 bridgehead atoms. The highest BCUT2D eigenvalue weighted by Gasteiger charge is 2.41. The molecule has 162 valence electrons. The predicted octanol–water partition coefficient (Wildman–Crippen LogP) is 3.85. The standard InChI is InChI=1S/C24H28N4O2S/c1-16-14-20(17(2)28(16)18-8-6-9-19(15-18)30-3)23-22(21-10-4-5-11-25-21)26-24(31)27(23)12-7-13-29/h4-6,8-11,14-15,22-23,29H,7,12-13H2,1-3H3,(H,26,31)/t22-,23-/m1/s1. The Bertz CT molecular complexity index is 1070. The monoisotopic (exact) mass is 436 g/mol. The molecular formula is C24H28N4O2S. The Labute approximate surface area is 188 Å². The van der Waals surface area contributed by atoms with E-state index in [0.29, 0.717) is 18.1 Å². The maximum absolute atomic E-state index is 9.43. The molecule has 0 amide bonds. The number of nitrogens with one attached hydrogen (secondary N) is 1. The molecule has 1 saturated heterocycles. The van der Waals surface area contributed by atoms with E-state index in [1.165, 1.54) is 5.56 Å². The summed E-state index contributed by atoms with van der Waals surface area (Å²) in [5.41, 5.74) is 5.50. The number of hydrogen-bond donors (Lipinski definition) is 2. The van der Waals surface area contributed by atoms with Crippen LogP contribution in [0.3, 0.4) is 0 Å². The average Bonchev–Trinajstić information content (AvgIpc) is 3.27. The molecule has 2 N–H and O–H groups in total. The van der Waals surface area contributed by atoms with Gasteiger partial charge in [-0.15, -0.1) is 0 Å². The van der Waals surface area contributed by atoms with E-state index < -0.39 is 0 Å². The van der Waals surface area contributed by atoms with Crippen molar-refractivity contribution in [1.82, 2.24) is 19.8 Å². The van der Waals surface area contributed by atoms with Crippen LogP contribution in [-0.2, 0) is 0 Å². The summed E-state index contributed by atoms with van der Waals surface area (Å²) in [6.07, 6.45) is 2.47. The van der Waals surface area contributed by atoms with Crippen LogP contribution in [0, 0.1) is 13.8 Å². The molecule has 2 aromatic heterocycles. The summed E-state index contributed by atoms with van der Waals surface area (Å²) in [5, 5.41) is 13.6. The molecule has 0 unspecified atom stereocenters. The minimum Gasteiger partial charge on any atom is -0.497 e. The number of benzene rings is 1. The molecule has 3 heterocycles. The van der Waals surface area contributed by atoms with Crippen molar-refractivity contribution in [2.75, 3.05) is 20.3 Å². The Morgan fingerprint density at radius 3 is 2.71 bits per heavy atom. The normalized spacial score (nSPS) is 18.3. The molecule has 1 fully saturated rings. The number of ether oxygens (including phenoxy) is 1. The molecule has 31 heavy (non-hydrogen) atoms. The molecule has 6 nitrogen and oxygen atoms in total. The number of methoxy groups -OCH3 is 1. The molecule has 0 radical (unpaired) electrons. The molecule has 0 saturated carbocycles. The maximum Gasteiger partial charge on any atom is 0.170 e. The molecule has 1 aromatic carbocycles. The fraction of sp³-hybridized carbons (Fsp3) is 0.333. The van der Waals surface area contributed by atoms with Gasteiger partial charge in [-0.2, -0.15) is 0 Å². The van der Waals surface area contributed by atoms with Crippen LogP contribution in [0.5, 0.6) is 5.75 Å². The van der Waals surface area contributed by atoms with E-state index in [0.717, 1.165) is 28.5 Å². The minimum atomic E-state index is -0.0633. The highest BCUT2D eigenvalue weighted by Crippen LogP contribution is 2.41. The second-order valence-electron chi connectivity index (χ2n) is 7.76. The first kappa shape index (κ1) is 21.3. The number of nitrogens with zero attached hydrogens (tertiary/aromatic N) is 3. The SMILES string of the molecule is COc1cccc(-n2c(C)cc([C@@H]3[C@@H](c4ccccn4)NC(=S)N3CCCO)c2C)c1. The lowest BCUT2D eigenvalue weighted by molar-refractivity contribution is 0.247. The molecular weight excluding hydrogens is 408 g/mol. The number of aliphatic hydroxyl groups is 1. The molecule has 0 spiro atoms. The third-order valence-corrected chi connectivity index (χ3v) is 6.21. The van der Waals surface area contributed by atoms with Crippen molar-refractivity contribution < 1.29 is 9.84 Å². The first-order chi connectivity index (χ1) is 15.0. The van der Waals surface area contributed by atoms with Crippen LogP contribution in [0.4, 0.5) is 0 Å². The van der Waals surface area contributed by atoms with Crippen molar-refractivity contribution in [3.8, 4) is 11.4 Å². The lowest BCUT2D eigenvalue weighted by atomic mass is 9.96. The van der Waals surface area contributed by atoms with Gasteiger partial charge < -0.3 is 24.6 Å². The third kappa shape index (κ3) is 4.03. The number of aromatic nitrogens is 2. The van der Waals surface area contributed by atoms with Crippen molar-refractivity contribution in [3.05, 3.63) is 77.4 Å². The van der Waals surface area contributed by atoms with Crippen LogP contribution in [0.2, 0.25) is 0 Å². The van der Waals surface area contributed by atoms with E-state index in [-0.39, 0.29) is 18.7 Å². The summed E-state index contributed by atoms with van der Waals surface area (Å²) in [4.78, 5) is 6.79. The molecule has 1 aliphatic heterocycles. The highest BCUT2D eigenvalue weighted by atomic mass is 32.1. The van der Waals surface area contributed by atoms with Gasteiger partial charge in [-0.3, -0.25) is 4.98 Å². The largest absolute Gasteiger partial charge is 0.497 e. The lowest BCUT2D eigenvalue weighted by Gasteiger charge is -2.28. The van der Waals surface area contributed by atoms with Crippen LogP contribution in [0.15, 0.2) is 54.7 Å². The van der Waals surface area contributed by atoms with Crippen molar-refractivity contribution in [2.45, 2.75) is 32.4 Å². The molecule has 7 heteroatoms. The summed E-state index contributed by atoms with van der Waals surface area (Å²) in [7, 11) is 1.68. The Morgan fingerprint density at radius 1 is 1.16 bits per heavy atom. The number of hydrogen-bond acceptors (Lipinski definition) is 4. The Hall–Kier alpha value is -2.90. The highest BCUT2D eigenvalue weighted by molar-refractivity contribution is 7.80. The fourth-order valence-electron chi connectivity index (χ4n) is 4.46. The van der Waals surface area contributed by atoms with Crippen LogP contribution < -0.4 is 10.1 Å². The Morgan fingerprint density at radius 2 is 2.00 bits per heavy atom. The van der Waals surface area contributed by atoms with Crippen molar-refractivity contribution >= 4 is 17.3 Å². The topological polar surface area (TPSA) is 62.5 Å². The number of aryl methyl sites for hydroxylation is 1. The van der Waals surface area contributed by atoms with Gasteiger partial charge in [0.1, 0.15) is 5.75 Å². The van der Waals surface area contributed by atoms with Gasteiger partial charge in [0.2, 0.25) is 0 Å². The number of thiocarbonyl (C=S) groups is 1. The summed E-state index contributed by atoms with van der Waals surface area (Å²) >= 11 is 5.70. The van der Waals surface area contributed by atoms with Gasteiger partial charge in [-0.05, 0) is 68.4 Å². The van der Waals surface area contributed by atoms with Gasteiger partial charge in [0.05, 0.1) is 24.9 Å². The van der Waals surface area contributed by atoms with Gasteiger partial charge in [0.25, 0.3) is 0 Å². The average molecular weight is 437 g/mol. The molecule has 1 aliphatic rings. The zero-order valence-electron chi connectivity index (χ0n) is 18.1. The predicted molar refractivity (Wildman–Crippen MR) is 126 cm³/mol. The van der Waals surface area contributed by atoms with Crippen molar-refractivity contribution in [2.24, 2.45) is 0 Å². The zero-order chi connectivity index (χ0) is 22.0. The fourth-order valence-corrected chi connectivity index (χ4v) is 4.79. The Balaban J connectivity index is 1.81. The lowest BCUT2D eigenvalue weighted by Crippen LogP contribution is -2.31. The van der Waals surface area contributed by atoms with Crippen molar-refractivity contribution in [3.63, 3.8) is 0 Å². The summed E-state index contributed by atoms with van der Waals surface area (Å²) in [5.74, 6) is 0.825. The van der Waals surface area contributed by atoms with Crippen LogP contribution >= 0.6 is 12.2 Å². The second-order valence-corrected chi connectivity index (χ2v) is 8.15. The quantitative estimate of drug-likeness (QED) is 0.549. The van der Waals surface area contributed by atoms with E-state index in [9.17, 15) is 5.11 Å². The van der Waals surface area contributed by atoms with E-state index in [4.69, 9.17) is 17.0 Å². The maximum atomic E-state index is 9.43. The molecule has 4 rings (SSSR count). The summed E-state index contributed by atoms with van der Waals surface area (Å²) in [6, 6.07) is 16.2. The van der Waals surface area contributed by atoms with Crippen molar-refractivity contribution in [1.29, 1.82) is 0 Å². The van der Waals surface area contributed by atoms with Gasteiger partial charge in [0.15, 0.2) is 5.11 Å². The summed E-state index contributed by atoms with van der Waals surface area (Å²) in [6.45, 7) is 5.06. The first-order valence-corrected chi connectivity index (χ1v) is 10.9. The van der Waals surface area contributed by atoms with Crippen LogP contribution in [0.25, 0.3) is 5.69 Å². The van der Waals surface area contributed by atoms with E-state index in [1.54, 1.807) is 7.11 Å². The van der Waals surface area contributed by atoms with E-state index in [1.807, 2.05) is 42.6 Å². The third-order valence-electron chi connectivity index (χ3n) is 5.86. The number of pyridine rings is 1. The minimum absolute atomic E-state index is 0.0143. The van der Waals surface area contributed by atoms with E-state index >= 15 is 0 Å². The number of rotatable bonds is 7. The second kappa shape index (κ2) is 9.08. The van der Waals surface area contributed by atoms with E-state index in [2.05, 4.69) is 45.7 Å². The zero-order valence-corrected chi connectivity index (χ0v) is 18.9. The molecule has 0 aliphatic carbocycles. The Kier molecular flexibility index (Phi) is 6.25. The van der Waals surface area contributed by atoms with Gasteiger partial charge >= 0.3 is 0 Å². The van der Waals surface area contributed by atoms with Gasteiger partial charge in [-0.25, -0.2) is 0 Å². The number of aliphatic hydroxyl groups excluding tert-OH is 1. The van der Waals surface area contributed by atoms with Crippen LogP contribution in [-0.4, -0.2) is 44.9 Å². The van der Waals surface area contributed by atoms with Crippen LogP contribution in [0.1, 0.15) is 41.1 Å². The molecule has 2 atom stereocenters. The van der Waals surface area contributed by atoms with Gasteiger partial charge in [-0.1, -0.05) is 12.1 Å².